The molecule has 0 saturated carbocycles. The van der Waals surface area contributed by atoms with Crippen molar-refractivity contribution in [2.24, 2.45) is 5.92 Å². The van der Waals surface area contributed by atoms with Crippen LogP contribution in [-0.4, -0.2) is 40.5 Å². The molecule has 7 nitrogen and oxygen atoms in total. The number of nitro groups is 1. The Morgan fingerprint density at radius 2 is 1.88 bits per heavy atom. The summed E-state index contributed by atoms with van der Waals surface area (Å²) in [5, 5.41) is 11.9. The molecule has 0 aliphatic carbocycles. The lowest BCUT2D eigenvalue weighted by Gasteiger charge is -2.25. The quantitative estimate of drug-likeness (QED) is 0.296. The minimum Gasteiger partial charge on any atom is -0.410 e. The van der Waals surface area contributed by atoms with E-state index in [0.29, 0.717) is 37.0 Å². The molecule has 33 heavy (non-hydrogen) atoms. The minimum absolute atomic E-state index is 0.146. The van der Waals surface area contributed by atoms with Gasteiger partial charge in [-0.1, -0.05) is 53.3 Å². The van der Waals surface area contributed by atoms with Gasteiger partial charge in [-0.25, -0.2) is 4.79 Å². The second-order valence-electron chi connectivity index (χ2n) is 8.07. The van der Waals surface area contributed by atoms with Crippen molar-refractivity contribution in [1.29, 1.82) is 0 Å². The lowest BCUT2D eigenvalue weighted by molar-refractivity contribution is -0.380. The summed E-state index contributed by atoms with van der Waals surface area (Å²) in [6.45, 7) is 3.33. The fourth-order valence-corrected chi connectivity index (χ4v) is 4.96. The molecule has 0 N–H and O–H groups in total. The Morgan fingerprint density at radius 1 is 1.12 bits per heavy atom. The van der Waals surface area contributed by atoms with Crippen LogP contribution in [0.15, 0.2) is 66.7 Å². The van der Waals surface area contributed by atoms with Crippen molar-refractivity contribution in [1.82, 2.24) is 9.80 Å². The van der Waals surface area contributed by atoms with Gasteiger partial charge in [0.25, 0.3) is 0 Å². The van der Waals surface area contributed by atoms with Gasteiger partial charge < -0.3 is 9.64 Å². The number of benzene rings is 2. The van der Waals surface area contributed by atoms with Crippen LogP contribution in [0.2, 0.25) is 5.02 Å². The molecule has 0 radical (unpaired) electrons. The van der Waals surface area contributed by atoms with Gasteiger partial charge in [0, 0.05) is 48.7 Å². The number of hydrogen-bond donors (Lipinski definition) is 0. The van der Waals surface area contributed by atoms with Crippen molar-refractivity contribution in [3.63, 3.8) is 0 Å². The first-order chi connectivity index (χ1) is 16.0. The Kier molecular flexibility index (Phi) is 7.59. The standard InChI is InChI=1S/C24H24ClN3O4S/c25-20-8-6-18(7-9-20)14-26(17-22-10-11-23(33-22)28(30)31)15-19-12-13-27(16-19)24(29)32-21-4-2-1-3-5-21/h1-11,19H,12-17H2. The monoisotopic (exact) mass is 485 g/mol. The van der Waals surface area contributed by atoms with Crippen LogP contribution in [-0.2, 0) is 13.1 Å². The molecule has 0 spiro atoms. The zero-order valence-corrected chi connectivity index (χ0v) is 19.5. The molecule has 9 heteroatoms. The lowest BCUT2D eigenvalue weighted by atomic mass is 10.1. The highest BCUT2D eigenvalue weighted by atomic mass is 35.5. The number of thiophene rings is 1. The molecule has 4 rings (SSSR count). The molecule has 1 aromatic heterocycles. The van der Waals surface area contributed by atoms with Crippen molar-refractivity contribution in [2.75, 3.05) is 19.6 Å². The number of amides is 1. The summed E-state index contributed by atoms with van der Waals surface area (Å²) in [4.78, 5) is 28.2. The predicted molar refractivity (Wildman–Crippen MR) is 129 cm³/mol. The van der Waals surface area contributed by atoms with Crippen LogP contribution in [0.5, 0.6) is 5.75 Å². The van der Waals surface area contributed by atoms with E-state index in [1.165, 1.54) is 11.3 Å². The van der Waals surface area contributed by atoms with Crippen LogP contribution in [0.4, 0.5) is 9.80 Å². The van der Waals surface area contributed by atoms with Gasteiger partial charge in [-0.05, 0) is 48.2 Å². The topological polar surface area (TPSA) is 75.9 Å². The lowest BCUT2D eigenvalue weighted by Crippen LogP contribution is -2.34. The highest BCUT2D eigenvalue weighted by molar-refractivity contribution is 7.15. The first kappa shape index (κ1) is 23.2. The summed E-state index contributed by atoms with van der Waals surface area (Å²) < 4.78 is 5.48. The number of halogens is 1. The summed E-state index contributed by atoms with van der Waals surface area (Å²) in [5.74, 6) is 0.824. The Bertz CT molecular complexity index is 1090. The maximum Gasteiger partial charge on any atom is 0.415 e. The Balaban J connectivity index is 1.40. The molecule has 1 aliphatic heterocycles. The second kappa shape index (κ2) is 10.8. The fraction of sp³-hybridized carbons (Fsp3) is 0.292. The molecule has 1 unspecified atom stereocenters. The van der Waals surface area contributed by atoms with Gasteiger partial charge in [0.05, 0.1) is 4.92 Å². The van der Waals surface area contributed by atoms with E-state index in [1.54, 1.807) is 23.1 Å². The highest BCUT2D eigenvalue weighted by Gasteiger charge is 2.29. The maximum absolute atomic E-state index is 12.5. The van der Waals surface area contributed by atoms with Crippen LogP contribution in [0.3, 0.4) is 0 Å². The van der Waals surface area contributed by atoms with Crippen LogP contribution >= 0.6 is 22.9 Å². The van der Waals surface area contributed by atoms with Crippen LogP contribution in [0.1, 0.15) is 16.9 Å². The molecule has 1 atom stereocenters. The molecule has 3 aromatic rings. The molecule has 1 amide bonds. The molecule has 1 aliphatic rings. The maximum atomic E-state index is 12.5. The first-order valence-corrected chi connectivity index (χ1v) is 11.9. The number of carbonyl (C=O) groups is 1. The molecule has 1 saturated heterocycles. The van der Waals surface area contributed by atoms with Gasteiger partial charge in [-0.2, -0.15) is 0 Å². The Morgan fingerprint density at radius 3 is 2.58 bits per heavy atom. The average molecular weight is 486 g/mol. The second-order valence-corrected chi connectivity index (χ2v) is 9.66. The summed E-state index contributed by atoms with van der Waals surface area (Å²) in [7, 11) is 0. The molecule has 0 bridgehead atoms. The van der Waals surface area contributed by atoms with E-state index in [0.717, 1.165) is 23.4 Å². The molecule has 172 valence electrons. The number of ether oxygens (including phenoxy) is 1. The summed E-state index contributed by atoms with van der Waals surface area (Å²) in [6.07, 6.45) is 0.549. The van der Waals surface area contributed by atoms with Crippen molar-refractivity contribution < 1.29 is 14.5 Å². The number of carbonyl (C=O) groups excluding carboxylic acids is 1. The molecule has 1 fully saturated rings. The average Bonchev–Trinajstić information content (AvgIpc) is 3.46. The number of hydrogen-bond acceptors (Lipinski definition) is 6. The molecule has 2 aromatic carbocycles. The molecular weight excluding hydrogens is 462 g/mol. The number of nitrogens with zero attached hydrogens (tertiary/aromatic N) is 3. The van der Waals surface area contributed by atoms with Crippen LogP contribution in [0.25, 0.3) is 0 Å². The van der Waals surface area contributed by atoms with Gasteiger partial charge in [0.1, 0.15) is 5.75 Å². The Labute approximate surface area is 201 Å². The predicted octanol–water partition coefficient (Wildman–Crippen LogP) is 5.83. The van der Waals surface area contributed by atoms with Gasteiger partial charge in [0.15, 0.2) is 0 Å². The zero-order chi connectivity index (χ0) is 23.2. The van der Waals surface area contributed by atoms with E-state index < -0.39 is 0 Å². The van der Waals surface area contributed by atoms with Crippen molar-refractivity contribution >= 4 is 34.0 Å². The number of rotatable bonds is 8. The van der Waals surface area contributed by atoms with E-state index in [4.69, 9.17) is 16.3 Å². The van der Waals surface area contributed by atoms with E-state index in [1.807, 2.05) is 48.5 Å². The van der Waals surface area contributed by atoms with E-state index >= 15 is 0 Å². The number of likely N-dealkylation sites (tertiary alicyclic amines) is 1. The van der Waals surface area contributed by atoms with Crippen molar-refractivity contribution in [3.8, 4) is 5.75 Å². The highest BCUT2D eigenvalue weighted by Crippen LogP contribution is 2.27. The molecule has 2 heterocycles. The summed E-state index contributed by atoms with van der Waals surface area (Å²) in [6, 6.07) is 20.1. The third kappa shape index (κ3) is 6.54. The van der Waals surface area contributed by atoms with Gasteiger partial charge in [-0.15, -0.1) is 0 Å². The Hall–Kier alpha value is -2.94. The third-order valence-corrected chi connectivity index (χ3v) is 6.81. The fourth-order valence-electron chi connectivity index (χ4n) is 3.97. The van der Waals surface area contributed by atoms with Gasteiger partial charge in [0.2, 0.25) is 0 Å². The van der Waals surface area contributed by atoms with Gasteiger partial charge in [-0.3, -0.25) is 15.0 Å². The van der Waals surface area contributed by atoms with Crippen molar-refractivity contribution in [3.05, 3.63) is 92.3 Å². The third-order valence-electron chi connectivity index (χ3n) is 5.54. The summed E-state index contributed by atoms with van der Waals surface area (Å²) >= 11 is 7.23. The summed E-state index contributed by atoms with van der Waals surface area (Å²) in [5.41, 5.74) is 1.11. The number of para-hydroxylation sites is 1. The normalized spacial score (nSPS) is 15.7. The van der Waals surface area contributed by atoms with Gasteiger partial charge >= 0.3 is 11.1 Å². The van der Waals surface area contributed by atoms with Crippen LogP contribution in [0, 0.1) is 16.0 Å². The van der Waals surface area contributed by atoms with Crippen molar-refractivity contribution in [2.45, 2.75) is 19.5 Å². The first-order valence-electron chi connectivity index (χ1n) is 10.7. The van der Waals surface area contributed by atoms with E-state index in [2.05, 4.69) is 4.90 Å². The smallest absolute Gasteiger partial charge is 0.410 e. The van der Waals surface area contributed by atoms with E-state index in [-0.39, 0.29) is 21.9 Å². The largest absolute Gasteiger partial charge is 0.415 e. The minimum atomic E-state index is -0.356. The SMILES string of the molecule is O=C(Oc1ccccc1)N1CCC(CN(Cc2ccc(Cl)cc2)Cc2ccc([N+](=O)[O-])s2)C1. The zero-order valence-electron chi connectivity index (χ0n) is 17.9. The van der Waals surface area contributed by atoms with Crippen LogP contribution < -0.4 is 4.74 Å². The molecular formula is C24H24ClN3O4S. The van der Waals surface area contributed by atoms with E-state index in [9.17, 15) is 14.9 Å².